The number of rotatable bonds is 6. The van der Waals surface area contributed by atoms with Crippen LogP contribution in [-0.2, 0) is 16.0 Å². The number of esters is 1. The zero-order chi connectivity index (χ0) is 11.1. The van der Waals surface area contributed by atoms with Crippen molar-refractivity contribution < 1.29 is 14.3 Å². The number of carbonyl (C=O) groups is 1. The zero-order valence-corrected chi connectivity index (χ0v) is 8.97. The predicted octanol–water partition coefficient (Wildman–Crippen LogP) is 0.491. The van der Waals surface area contributed by atoms with E-state index in [-0.39, 0.29) is 5.69 Å². The average Bonchev–Trinajstić information content (AvgIpc) is 2.72. The lowest BCUT2D eigenvalue weighted by molar-refractivity contribution is 0.0594. The van der Waals surface area contributed by atoms with E-state index in [9.17, 15) is 4.79 Å². The van der Waals surface area contributed by atoms with Crippen molar-refractivity contribution in [3.63, 3.8) is 0 Å². The molecule has 0 spiro atoms. The van der Waals surface area contributed by atoms with E-state index in [1.54, 1.807) is 10.9 Å². The van der Waals surface area contributed by atoms with E-state index >= 15 is 0 Å². The molecule has 0 aromatic carbocycles. The van der Waals surface area contributed by atoms with Gasteiger partial charge in [0.2, 0.25) is 0 Å². The van der Waals surface area contributed by atoms with Gasteiger partial charge >= 0.3 is 5.97 Å². The summed E-state index contributed by atoms with van der Waals surface area (Å²) in [5.74, 6) is -0.467. The maximum Gasteiger partial charge on any atom is 0.360 e. The first-order chi connectivity index (χ1) is 7.27. The Labute approximate surface area is 88.2 Å². The summed E-state index contributed by atoms with van der Waals surface area (Å²) in [6.45, 7) is 4.03. The van der Waals surface area contributed by atoms with Gasteiger partial charge < -0.3 is 9.47 Å². The lowest BCUT2D eigenvalue weighted by atomic mass is 10.4. The third-order valence-electron chi connectivity index (χ3n) is 1.81. The van der Waals surface area contributed by atoms with Crippen LogP contribution >= 0.6 is 0 Å². The van der Waals surface area contributed by atoms with Crippen LogP contribution in [0.2, 0.25) is 0 Å². The molecule has 0 saturated carbocycles. The molecule has 0 radical (unpaired) electrons. The fourth-order valence-electron chi connectivity index (χ4n) is 1.08. The van der Waals surface area contributed by atoms with Gasteiger partial charge in [-0.05, 0) is 13.3 Å². The highest BCUT2D eigenvalue weighted by Gasteiger charge is 2.09. The van der Waals surface area contributed by atoms with Crippen molar-refractivity contribution in [1.82, 2.24) is 15.0 Å². The second kappa shape index (κ2) is 6.13. The molecule has 0 amide bonds. The van der Waals surface area contributed by atoms with Gasteiger partial charge in [0.05, 0.1) is 13.3 Å². The van der Waals surface area contributed by atoms with Gasteiger partial charge in [-0.25, -0.2) is 4.79 Å². The molecule has 15 heavy (non-hydrogen) atoms. The highest BCUT2D eigenvalue weighted by molar-refractivity contribution is 5.86. The standard InChI is InChI=1S/C9H15N3O3/c1-3-15-6-4-5-12-7-8(10-11-12)9(13)14-2/h7H,3-6H2,1-2H3. The number of hydrogen-bond donors (Lipinski definition) is 0. The van der Waals surface area contributed by atoms with E-state index in [0.717, 1.165) is 6.42 Å². The van der Waals surface area contributed by atoms with E-state index in [1.807, 2.05) is 6.92 Å². The van der Waals surface area contributed by atoms with Crippen LogP contribution in [0.25, 0.3) is 0 Å². The summed E-state index contributed by atoms with van der Waals surface area (Å²) < 4.78 is 11.3. The summed E-state index contributed by atoms with van der Waals surface area (Å²) in [4.78, 5) is 11.0. The van der Waals surface area contributed by atoms with Gasteiger partial charge in [0.15, 0.2) is 5.69 Å². The highest BCUT2D eigenvalue weighted by atomic mass is 16.5. The van der Waals surface area contributed by atoms with Crippen molar-refractivity contribution >= 4 is 5.97 Å². The molecule has 0 aliphatic carbocycles. The minimum absolute atomic E-state index is 0.230. The topological polar surface area (TPSA) is 66.2 Å². The van der Waals surface area contributed by atoms with Crippen LogP contribution < -0.4 is 0 Å². The quantitative estimate of drug-likeness (QED) is 0.508. The predicted molar refractivity (Wildman–Crippen MR) is 52.5 cm³/mol. The molecular weight excluding hydrogens is 198 g/mol. The van der Waals surface area contributed by atoms with Crippen molar-refractivity contribution in [2.75, 3.05) is 20.3 Å². The summed E-state index contributed by atoms with van der Waals surface area (Å²) in [7, 11) is 1.32. The van der Waals surface area contributed by atoms with Crippen molar-refractivity contribution in [3.8, 4) is 0 Å². The molecule has 0 aliphatic heterocycles. The van der Waals surface area contributed by atoms with Gasteiger partial charge in [0.25, 0.3) is 0 Å². The maximum absolute atomic E-state index is 11.0. The molecule has 1 rings (SSSR count). The van der Waals surface area contributed by atoms with Gasteiger partial charge in [-0.15, -0.1) is 5.10 Å². The molecule has 84 valence electrons. The smallest absolute Gasteiger partial charge is 0.360 e. The van der Waals surface area contributed by atoms with Crippen LogP contribution in [0.15, 0.2) is 6.20 Å². The minimum atomic E-state index is -0.467. The monoisotopic (exact) mass is 213 g/mol. The van der Waals surface area contributed by atoms with Gasteiger partial charge in [0.1, 0.15) is 0 Å². The second-order valence-corrected chi connectivity index (χ2v) is 2.91. The van der Waals surface area contributed by atoms with Crippen LogP contribution in [0.1, 0.15) is 23.8 Å². The number of ether oxygens (including phenoxy) is 2. The number of nitrogens with zero attached hydrogens (tertiary/aromatic N) is 3. The number of aryl methyl sites for hydroxylation is 1. The Morgan fingerprint density at radius 3 is 3.07 bits per heavy atom. The number of aromatic nitrogens is 3. The average molecular weight is 213 g/mol. The van der Waals surface area contributed by atoms with E-state index in [2.05, 4.69) is 15.0 Å². The molecule has 1 aromatic heterocycles. The first-order valence-corrected chi connectivity index (χ1v) is 4.84. The molecule has 0 saturated heterocycles. The van der Waals surface area contributed by atoms with Gasteiger partial charge in [0, 0.05) is 19.8 Å². The molecule has 1 aromatic rings. The number of carbonyl (C=O) groups excluding carboxylic acids is 1. The Kier molecular flexibility index (Phi) is 4.76. The van der Waals surface area contributed by atoms with Crippen molar-refractivity contribution in [2.24, 2.45) is 0 Å². The third-order valence-corrected chi connectivity index (χ3v) is 1.81. The molecule has 0 aliphatic rings. The molecule has 0 bridgehead atoms. The summed E-state index contributed by atoms with van der Waals surface area (Å²) in [5, 5.41) is 7.48. The van der Waals surface area contributed by atoms with Crippen LogP contribution in [0.4, 0.5) is 0 Å². The van der Waals surface area contributed by atoms with E-state index in [4.69, 9.17) is 4.74 Å². The molecule has 0 N–H and O–H groups in total. The Hall–Kier alpha value is -1.43. The fourth-order valence-corrected chi connectivity index (χ4v) is 1.08. The van der Waals surface area contributed by atoms with Gasteiger partial charge in [-0.2, -0.15) is 0 Å². The van der Waals surface area contributed by atoms with Crippen molar-refractivity contribution in [2.45, 2.75) is 19.9 Å². The molecule has 6 nitrogen and oxygen atoms in total. The van der Waals surface area contributed by atoms with Gasteiger partial charge in [-0.1, -0.05) is 5.21 Å². The van der Waals surface area contributed by atoms with Gasteiger partial charge in [-0.3, -0.25) is 4.68 Å². The second-order valence-electron chi connectivity index (χ2n) is 2.91. The summed E-state index contributed by atoms with van der Waals surface area (Å²) in [5.41, 5.74) is 0.230. The molecule has 0 atom stereocenters. The van der Waals surface area contributed by atoms with Crippen LogP contribution in [-0.4, -0.2) is 41.3 Å². The summed E-state index contributed by atoms with van der Waals surface area (Å²) in [6, 6.07) is 0. The van der Waals surface area contributed by atoms with E-state index in [0.29, 0.717) is 19.8 Å². The SMILES string of the molecule is CCOCCCn1cc(C(=O)OC)nn1. The zero-order valence-electron chi connectivity index (χ0n) is 8.97. The summed E-state index contributed by atoms with van der Waals surface area (Å²) in [6.07, 6.45) is 2.41. The van der Waals surface area contributed by atoms with Crippen LogP contribution in [0.5, 0.6) is 0 Å². The molecule has 0 unspecified atom stereocenters. The lowest BCUT2D eigenvalue weighted by Gasteiger charge is -2.00. The first-order valence-electron chi connectivity index (χ1n) is 4.84. The minimum Gasteiger partial charge on any atom is -0.464 e. The Bertz CT molecular complexity index is 311. The molecular formula is C9H15N3O3. The number of hydrogen-bond acceptors (Lipinski definition) is 5. The van der Waals surface area contributed by atoms with Crippen molar-refractivity contribution in [1.29, 1.82) is 0 Å². The fraction of sp³-hybridized carbons (Fsp3) is 0.667. The van der Waals surface area contributed by atoms with E-state index < -0.39 is 5.97 Å². The highest BCUT2D eigenvalue weighted by Crippen LogP contribution is 1.96. The largest absolute Gasteiger partial charge is 0.464 e. The molecule has 6 heteroatoms. The third kappa shape index (κ3) is 3.67. The Morgan fingerprint density at radius 2 is 2.40 bits per heavy atom. The Balaban J connectivity index is 2.36. The summed E-state index contributed by atoms with van der Waals surface area (Å²) >= 11 is 0. The lowest BCUT2D eigenvalue weighted by Crippen LogP contribution is -2.03. The number of methoxy groups -OCH3 is 1. The van der Waals surface area contributed by atoms with Crippen LogP contribution in [0.3, 0.4) is 0 Å². The normalized spacial score (nSPS) is 10.3. The maximum atomic E-state index is 11.0. The molecule has 1 heterocycles. The molecule has 0 fully saturated rings. The Morgan fingerprint density at radius 1 is 1.60 bits per heavy atom. The van der Waals surface area contributed by atoms with Crippen molar-refractivity contribution in [3.05, 3.63) is 11.9 Å². The first kappa shape index (κ1) is 11.6. The van der Waals surface area contributed by atoms with Crippen LogP contribution in [0, 0.1) is 0 Å². The van der Waals surface area contributed by atoms with E-state index in [1.165, 1.54) is 7.11 Å².